The summed E-state index contributed by atoms with van der Waals surface area (Å²) in [5.41, 5.74) is -0.789. The highest BCUT2D eigenvalue weighted by molar-refractivity contribution is 7.89. The van der Waals surface area contributed by atoms with Crippen LogP contribution in [0.3, 0.4) is 0 Å². The van der Waals surface area contributed by atoms with Crippen LogP contribution in [-0.4, -0.2) is 41.5 Å². The molecule has 1 fully saturated rings. The number of sulfonamides is 1. The molecule has 19 heavy (non-hydrogen) atoms. The van der Waals surface area contributed by atoms with Gasteiger partial charge in [0.15, 0.2) is 0 Å². The van der Waals surface area contributed by atoms with Crippen LogP contribution in [0.1, 0.15) is 26.2 Å². The minimum atomic E-state index is -3.55. The summed E-state index contributed by atoms with van der Waals surface area (Å²) in [5.74, 6) is 0. The van der Waals surface area contributed by atoms with Gasteiger partial charge < -0.3 is 5.11 Å². The van der Waals surface area contributed by atoms with E-state index in [1.807, 2.05) is 0 Å². The summed E-state index contributed by atoms with van der Waals surface area (Å²) >= 11 is 5.66. The summed E-state index contributed by atoms with van der Waals surface area (Å²) in [6.07, 6.45) is 2.96. The average molecular weight is 305 g/mol. The van der Waals surface area contributed by atoms with E-state index < -0.39 is 15.6 Å². The van der Waals surface area contributed by atoms with E-state index in [2.05, 4.69) is 4.98 Å². The van der Waals surface area contributed by atoms with Gasteiger partial charge in [-0.1, -0.05) is 11.6 Å². The Labute approximate surface area is 118 Å². The molecular weight excluding hydrogens is 288 g/mol. The zero-order chi connectivity index (χ0) is 14.1. The van der Waals surface area contributed by atoms with Gasteiger partial charge in [-0.3, -0.25) is 0 Å². The lowest BCUT2D eigenvalue weighted by molar-refractivity contribution is 0.0465. The van der Waals surface area contributed by atoms with E-state index in [0.717, 1.165) is 0 Å². The summed E-state index contributed by atoms with van der Waals surface area (Å²) in [4.78, 5) is 3.94. The molecule has 1 aromatic heterocycles. The maximum Gasteiger partial charge on any atom is 0.244 e. The van der Waals surface area contributed by atoms with E-state index in [9.17, 15) is 13.5 Å². The molecule has 7 heteroatoms. The highest BCUT2D eigenvalue weighted by atomic mass is 35.5. The monoisotopic (exact) mass is 304 g/mol. The van der Waals surface area contributed by atoms with Gasteiger partial charge in [0.1, 0.15) is 10.0 Å². The van der Waals surface area contributed by atoms with Gasteiger partial charge in [0.05, 0.1) is 5.60 Å². The van der Waals surface area contributed by atoms with Crippen molar-refractivity contribution in [1.29, 1.82) is 0 Å². The Hall–Kier alpha value is -0.690. The third-order valence-electron chi connectivity index (χ3n) is 3.36. The van der Waals surface area contributed by atoms with Gasteiger partial charge in [0, 0.05) is 19.3 Å². The first-order valence-electron chi connectivity index (χ1n) is 6.15. The first-order valence-corrected chi connectivity index (χ1v) is 7.97. The molecule has 2 heterocycles. The molecule has 1 aliphatic rings. The second-order valence-corrected chi connectivity index (χ2v) is 7.40. The maximum absolute atomic E-state index is 12.4. The molecule has 106 valence electrons. The normalized spacial score (nSPS) is 26.1. The van der Waals surface area contributed by atoms with E-state index in [4.69, 9.17) is 11.6 Å². The summed E-state index contributed by atoms with van der Waals surface area (Å²) < 4.78 is 26.2. The van der Waals surface area contributed by atoms with E-state index in [0.29, 0.717) is 32.4 Å². The molecule has 1 atom stereocenters. The standard InChI is InChI=1S/C12H17ClN2O3S/c1-12(16)5-2-7-15(8-6-12)19(17,18)10-3-4-11(13)14-9-10/h3-4,9,16H,2,5-8H2,1H3. The number of aliphatic hydroxyl groups is 1. The molecule has 0 amide bonds. The number of pyridine rings is 1. The molecule has 1 aromatic rings. The fourth-order valence-corrected chi connectivity index (χ4v) is 3.68. The third-order valence-corrected chi connectivity index (χ3v) is 5.47. The van der Waals surface area contributed by atoms with E-state index in [1.54, 1.807) is 6.92 Å². The molecule has 1 saturated heterocycles. The van der Waals surface area contributed by atoms with Crippen LogP contribution in [0.5, 0.6) is 0 Å². The predicted octanol–water partition coefficient (Wildman–Crippen LogP) is 1.66. The first-order chi connectivity index (χ1) is 8.81. The van der Waals surface area contributed by atoms with Gasteiger partial charge in [-0.15, -0.1) is 0 Å². The van der Waals surface area contributed by atoms with Crippen LogP contribution in [0, 0.1) is 0 Å². The Morgan fingerprint density at radius 2 is 2.11 bits per heavy atom. The number of aromatic nitrogens is 1. The smallest absolute Gasteiger partial charge is 0.244 e. The molecule has 0 aliphatic carbocycles. The molecule has 1 unspecified atom stereocenters. The molecule has 0 radical (unpaired) electrons. The second kappa shape index (κ2) is 5.36. The number of halogens is 1. The Bertz CT molecular complexity index is 543. The molecule has 0 spiro atoms. The van der Waals surface area contributed by atoms with Crippen molar-refractivity contribution in [2.24, 2.45) is 0 Å². The van der Waals surface area contributed by atoms with Gasteiger partial charge in [-0.05, 0) is 38.3 Å². The largest absolute Gasteiger partial charge is 0.390 e. The fourth-order valence-electron chi connectivity index (χ4n) is 2.14. The van der Waals surface area contributed by atoms with E-state index in [-0.39, 0.29) is 10.0 Å². The summed E-state index contributed by atoms with van der Waals surface area (Å²) in [6.45, 7) is 2.48. The lowest BCUT2D eigenvalue weighted by atomic mass is 9.98. The summed E-state index contributed by atoms with van der Waals surface area (Å²) in [7, 11) is -3.55. The molecule has 1 aliphatic heterocycles. The van der Waals surface area contributed by atoms with E-state index in [1.165, 1.54) is 22.6 Å². The molecule has 2 rings (SSSR count). The van der Waals surface area contributed by atoms with Crippen molar-refractivity contribution in [3.05, 3.63) is 23.5 Å². The Morgan fingerprint density at radius 1 is 1.37 bits per heavy atom. The zero-order valence-electron chi connectivity index (χ0n) is 10.7. The molecule has 1 N–H and O–H groups in total. The van der Waals surface area contributed by atoms with Crippen LogP contribution < -0.4 is 0 Å². The lowest BCUT2D eigenvalue weighted by Crippen LogP contribution is -2.33. The molecule has 0 aromatic carbocycles. The zero-order valence-corrected chi connectivity index (χ0v) is 12.3. The molecule has 5 nitrogen and oxygen atoms in total. The number of rotatable bonds is 2. The van der Waals surface area contributed by atoms with Gasteiger partial charge in [0.2, 0.25) is 10.0 Å². The minimum absolute atomic E-state index is 0.137. The van der Waals surface area contributed by atoms with Crippen molar-refractivity contribution < 1.29 is 13.5 Å². The Morgan fingerprint density at radius 3 is 2.74 bits per heavy atom. The Balaban J connectivity index is 2.22. The lowest BCUT2D eigenvalue weighted by Gasteiger charge is -2.22. The Kier molecular flexibility index (Phi) is 4.15. The third kappa shape index (κ3) is 3.45. The highest BCUT2D eigenvalue weighted by Crippen LogP contribution is 2.25. The van der Waals surface area contributed by atoms with Crippen molar-refractivity contribution in [3.63, 3.8) is 0 Å². The summed E-state index contributed by atoms with van der Waals surface area (Å²) in [5, 5.41) is 10.3. The molecular formula is C12H17ClN2O3S. The fraction of sp³-hybridized carbons (Fsp3) is 0.583. The van der Waals surface area contributed by atoms with Crippen LogP contribution in [0.15, 0.2) is 23.2 Å². The van der Waals surface area contributed by atoms with Gasteiger partial charge >= 0.3 is 0 Å². The van der Waals surface area contributed by atoms with Crippen LogP contribution >= 0.6 is 11.6 Å². The number of hydrogen-bond donors (Lipinski definition) is 1. The van der Waals surface area contributed by atoms with Crippen molar-refractivity contribution in [2.75, 3.05) is 13.1 Å². The number of hydrogen-bond acceptors (Lipinski definition) is 4. The van der Waals surface area contributed by atoms with Crippen LogP contribution in [0.4, 0.5) is 0 Å². The van der Waals surface area contributed by atoms with Crippen LogP contribution in [0.2, 0.25) is 5.15 Å². The molecule has 0 saturated carbocycles. The van der Waals surface area contributed by atoms with Crippen molar-refractivity contribution in [1.82, 2.24) is 9.29 Å². The first kappa shape index (κ1) is 14.7. The van der Waals surface area contributed by atoms with Crippen molar-refractivity contribution >= 4 is 21.6 Å². The maximum atomic E-state index is 12.4. The predicted molar refractivity (Wildman–Crippen MR) is 72.5 cm³/mol. The van der Waals surface area contributed by atoms with Gasteiger partial charge in [-0.2, -0.15) is 4.31 Å². The molecule has 0 bridgehead atoms. The summed E-state index contributed by atoms with van der Waals surface area (Å²) in [6, 6.07) is 2.91. The quantitative estimate of drug-likeness (QED) is 0.844. The van der Waals surface area contributed by atoms with Gasteiger partial charge in [0.25, 0.3) is 0 Å². The second-order valence-electron chi connectivity index (χ2n) is 5.07. The van der Waals surface area contributed by atoms with Crippen molar-refractivity contribution in [2.45, 2.75) is 36.7 Å². The SMILES string of the molecule is CC1(O)CCCN(S(=O)(=O)c2ccc(Cl)nc2)CC1. The number of nitrogens with zero attached hydrogens (tertiary/aromatic N) is 2. The van der Waals surface area contributed by atoms with Gasteiger partial charge in [-0.25, -0.2) is 13.4 Å². The van der Waals surface area contributed by atoms with Crippen LogP contribution in [-0.2, 0) is 10.0 Å². The van der Waals surface area contributed by atoms with Crippen LogP contribution in [0.25, 0.3) is 0 Å². The highest BCUT2D eigenvalue weighted by Gasteiger charge is 2.31. The average Bonchev–Trinajstić information content (AvgIpc) is 2.51. The topological polar surface area (TPSA) is 70.5 Å². The van der Waals surface area contributed by atoms with Crippen molar-refractivity contribution in [3.8, 4) is 0 Å². The van der Waals surface area contributed by atoms with E-state index >= 15 is 0 Å². The minimum Gasteiger partial charge on any atom is -0.390 e.